The Morgan fingerprint density at radius 2 is 1.50 bits per heavy atom. The van der Waals surface area contributed by atoms with Gasteiger partial charge < -0.3 is 4.74 Å². The van der Waals surface area contributed by atoms with Gasteiger partial charge in [0.15, 0.2) is 6.61 Å². The highest BCUT2D eigenvalue weighted by molar-refractivity contribution is 6.07. The van der Waals surface area contributed by atoms with Gasteiger partial charge in [-0.2, -0.15) is 0 Å². The number of benzene rings is 3. The molecular weight excluding hydrogens is 430 g/mol. The summed E-state index contributed by atoms with van der Waals surface area (Å²) in [4.78, 5) is 42.0. The molecule has 0 unspecified atom stereocenters. The molecule has 1 aromatic heterocycles. The zero-order valence-corrected chi connectivity index (χ0v) is 18.8. The Bertz CT molecular complexity index is 1370. The molecule has 0 aliphatic carbocycles. The largest absolute Gasteiger partial charge is 0.452 e. The number of nitrogens with one attached hydrogen (secondary N) is 2. The van der Waals surface area contributed by atoms with Crippen molar-refractivity contribution >= 4 is 28.7 Å². The van der Waals surface area contributed by atoms with E-state index in [1.54, 1.807) is 36.4 Å². The smallest absolute Gasteiger partial charge is 0.339 e. The molecule has 0 aliphatic rings. The van der Waals surface area contributed by atoms with Crippen molar-refractivity contribution in [2.24, 2.45) is 0 Å². The van der Waals surface area contributed by atoms with Gasteiger partial charge in [0.1, 0.15) is 0 Å². The van der Waals surface area contributed by atoms with Gasteiger partial charge in [-0.25, -0.2) is 9.78 Å². The molecule has 0 spiro atoms. The maximum Gasteiger partial charge on any atom is 0.339 e. The van der Waals surface area contributed by atoms with Crippen LogP contribution in [0.1, 0.15) is 31.8 Å². The first-order chi connectivity index (χ1) is 16.4. The number of fused-ring (bicyclic) bond motifs is 1. The molecule has 0 atom stereocenters. The van der Waals surface area contributed by atoms with E-state index < -0.39 is 24.4 Å². The van der Waals surface area contributed by atoms with E-state index in [1.807, 2.05) is 56.3 Å². The zero-order chi connectivity index (χ0) is 24.1. The number of carbonyl (C=O) groups excluding carboxylic acids is 3. The average Bonchev–Trinajstić information content (AvgIpc) is 2.86. The SMILES string of the molecule is Cc1ccc(-c2nc3ccccc3c(C(=O)OCC(=O)NNC(=O)c3ccccc3)c2C)cc1. The van der Waals surface area contributed by atoms with Crippen molar-refractivity contribution in [3.63, 3.8) is 0 Å². The second kappa shape index (κ2) is 9.95. The standard InChI is InChI=1S/C27H23N3O4/c1-17-12-14-19(15-13-17)25-18(2)24(21-10-6-7-11-22(21)28-25)27(33)34-16-23(31)29-30-26(32)20-8-4-3-5-9-20/h3-15H,16H2,1-2H3,(H,29,31)(H,30,32). The molecule has 3 aromatic carbocycles. The first-order valence-electron chi connectivity index (χ1n) is 10.7. The number of esters is 1. The molecule has 7 heteroatoms. The number of ether oxygens (including phenoxy) is 1. The van der Waals surface area contributed by atoms with Crippen molar-refractivity contribution in [2.45, 2.75) is 13.8 Å². The highest BCUT2D eigenvalue weighted by atomic mass is 16.5. The zero-order valence-electron chi connectivity index (χ0n) is 18.8. The Morgan fingerprint density at radius 1 is 0.824 bits per heavy atom. The van der Waals surface area contributed by atoms with E-state index in [4.69, 9.17) is 9.72 Å². The Labute approximate surface area is 196 Å². The van der Waals surface area contributed by atoms with Crippen LogP contribution in [0.4, 0.5) is 0 Å². The Kier molecular flexibility index (Phi) is 6.64. The summed E-state index contributed by atoms with van der Waals surface area (Å²) in [5.74, 6) is -1.78. The molecule has 4 rings (SSSR count). The fourth-order valence-corrected chi connectivity index (χ4v) is 3.59. The minimum atomic E-state index is -0.660. The highest BCUT2D eigenvalue weighted by Crippen LogP contribution is 2.30. The number of pyridine rings is 1. The van der Waals surface area contributed by atoms with E-state index in [2.05, 4.69) is 10.9 Å². The third kappa shape index (κ3) is 4.94. The van der Waals surface area contributed by atoms with E-state index in [0.717, 1.165) is 11.1 Å². The Hall–Kier alpha value is -4.52. The topological polar surface area (TPSA) is 97.4 Å². The van der Waals surface area contributed by atoms with Crippen LogP contribution in [0.15, 0.2) is 78.9 Å². The van der Waals surface area contributed by atoms with Gasteiger partial charge >= 0.3 is 5.97 Å². The van der Waals surface area contributed by atoms with Gasteiger partial charge in [0.05, 0.1) is 16.8 Å². The summed E-state index contributed by atoms with van der Waals surface area (Å²) in [6.45, 7) is 3.26. The van der Waals surface area contributed by atoms with Crippen LogP contribution < -0.4 is 10.9 Å². The van der Waals surface area contributed by atoms with E-state index in [1.165, 1.54) is 0 Å². The molecule has 4 aromatic rings. The molecule has 0 saturated carbocycles. The number of aryl methyl sites for hydroxylation is 1. The number of nitrogens with zero attached hydrogens (tertiary/aromatic N) is 1. The van der Waals surface area contributed by atoms with Crippen molar-refractivity contribution in [3.8, 4) is 11.3 Å². The van der Waals surface area contributed by atoms with E-state index >= 15 is 0 Å². The quantitative estimate of drug-likeness (QED) is 0.350. The third-order valence-corrected chi connectivity index (χ3v) is 5.35. The summed E-state index contributed by atoms with van der Waals surface area (Å²) >= 11 is 0. The summed E-state index contributed by atoms with van der Waals surface area (Å²) in [5, 5.41) is 0.638. The van der Waals surface area contributed by atoms with Gasteiger partial charge in [-0.15, -0.1) is 0 Å². The normalized spacial score (nSPS) is 10.5. The van der Waals surface area contributed by atoms with E-state index in [0.29, 0.717) is 33.3 Å². The highest BCUT2D eigenvalue weighted by Gasteiger charge is 2.21. The second-order valence-electron chi connectivity index (χ2n) is 7.79. The lowest BCUT2D eigenvalue weighted by Gasteiger charge is -2.14. The van der Waals surface area contributed by atoms with Crippen molar-refractivity contribution in [2.75, 3.05) is 6.61 Å². The lowest BCUT2D eigenvalue weighted by molar-refractivity contribution is -0.125. The van der Waals surface area contributed by atoms with Crippen LogP contribution in [0.3, 0.4) is 0 Å². The summed E-state index contributed by atoms with van der Waals surface area (Å²) in [7, 11) is 0. The number of hydrazine groups is 1. The maximum atomic E-state index is 13.1. The van der Waals surface area contributed by atoms with E-state index in [9.17, 15) is 14.4 Å². The Morgan fingerprint density at radius 3 is 2.24 bits per heavy atom. The molecule has 7 nitrogen and oxygen atoms in total. The predicted molar refractivity (Wildman–Crippen MR) is 129 cm³/mol. The number of aromatic nitrogens is 1. The second-order valence-corrected chi connectivity index (χ2v) is 7.79. The Balaban J connectivity index is 1.51. The van der Waals surface area contributed by atoms with Crippen molar-refractivity contribution < 1.29 is 19.1 Å². The van der Waals surface area contributed by atoms with Crippen LogP contribution in [0, 0.1) is 13.8 Å². The molecule has 0 saturated heterocycles. The number of para-hydroxylation sites is 1. The fourth-order valence-electron chi connectivity index (χ4n) is 3.59. The fraction of sp³-hybridized carbons (Fsp3) is 0.111. The van der Waals surface area contributed by atoms with Gasteiger partial charge in [0.25, 0.3) is 11.8 Å². The monoisotopic (exact) mass is 453 g/mol. The first-order valence-corrected chi connectivity index (χ1v) is 10.7. The molecule has 0 aliphatic heterocycles. The van der Waals surface area contributed by atoms with Gasteiger partial charge in [0.2, 0.25) is 0 Å². The molecule has 0 fully saturated rings. The number of hydrogen-bond acceptors (Lipinski definition) is 5. The van der Waals surface area contributed by atoms with Crippen LogP contribution in [-0.2, 0) is 9.53 Å². The average molecular weight is 453 g/mol. The molecule has 34 heavy (non-hydrogen) atoms. The molecule has 170 valence electrons. The number of hydrogen-bond donors (Lipinski definition) is 2. The molecule has 0 radical (unpaired) electrons. The summed E-state index contributed by atoms with van der Waals surface area (Å²) < 4.78 is 5.30. The van der Waals surface area contributed by atoms with Crippen LogP contribution >= 0.6 is 0 Å². The minimum Gasteiger partial charge on any atom is -0.452 e. The van der Waals surface area contributed by atoms with Gasteiger partial charge in [-0.05, 0) is 37.6 Å². The summed E-state index contributed by atoms with van der Waals surface area (Å²) in [5.41, 5.74) is 9.27. The first kappa shape index (κ1) is 22.7. The van der Waals surface area contributed by atoms with Crippen LogP contribution in [0.25, 0.3) is 22.2 Å². The molecule has 0 bridgehead atoms. The minimum absolute atomic E-state index is 0.349. The third-order valence-electron chi connectivity index (χ3n) is 5.35. The van der Waals surface area contributed by atoms with Gasteiger partial charge in [-0.3, -0.25) is 20.4 Å². The van der Waals surface area contributed by atoms with Crippen molar-refractivity contribution in [1.29, 1.82) is 0 Å². The number of rotatable bonds is 5. The van der Waals surface area contributed by atoms with E-state index in [-0.39, 0.29) is 0 Å². The van der Waals surface area contributed by atoms with Crippen molar-refractivity contribution in [1.82, 2.24) is 15.8 Å². The predicted octanol–water partition coefficient (Wildman–Crippen LogP) is 4.14. The lowest BCUT2D eigenvalue weighted by atomic mass is 9.97. The molecule has 2 N–H and O–H groups in total. The maximum absolute atomic E-state index is 13.1. The molecule has 2 amide bonds. The van der Waals surface area contributed by atoms with Crippen LogP contribution in [0.5, 0.6) is 0 Å². The van der Waals surface area contributed by atoms with Crippen LogP contribution in [0.2, 0.25) is 0 Å². The molecular formula is C27H23N3O4. The van der Waals surface area contributed by atoms with Crippen LogP contribution in [-0.4, -0.2) is 29.4 Å². The van der Waals surface area contributed by atoms with Gasteiger partial charge in [-0.1, -0.05) is 66.2 Å². The number of amides is 2. The number of carbonyl (C=O) groups is 3. The summed E-state index contributed by atoms with van der Waals surface area (Å²) in [6.07, 6.45) is 0. The van der Waals surface area contributed by atoms with Gasteiger partial charge in [0, 0.05) is 16.5 Å². The van der Waals surface area contributed by atoms with Crippen molar-refractivity contribution in [3.05, 3.63) is 101 Å². The summed E-state index contributed by atoms with van der Waals surface area (Å²) in [6, 6.07) is 23.6. The molecule has 1 heterocycles. The lowest BCUT2D eigenvalue weighted by Crippen LogP contribution is -2.43.